The number of hydrogen-bond acceptors (Lipinski definition) is 2. The lowest BCUT2D eigenvalue weighted by molar-refractivity contribution is 0.0692. The van der Waals surface area contributed by atoms with Gasteiger partial charge in [0.1, 0.15) is 0 Å². The van der Waals surface area contributed by atoms with Crippen molar-refractivity contribution in [2.45, 2.75) is 19.3 Å². The maximum Gasteiger partial charge on any atom is 0.356 e. The third-order valence-corrected chi connectivity index (χ3v) is 3.51. The van der Waals surface area contributed by atoms with Crippen LogP contribution in [-0.4, -0.2) is 20.6 Å². The number of rotatable bonds is 2. The van der Waals surface area contributed by atoms with E-state index in [-0.39, 0.29) is 5.69 Å². The maximum atomic E-state index is 11.2. The molecule has 0 fully saturated rings. The highest BCUT2D eigenvalue weighted by Crippen LogP contribution is 2.29. The lowest BCUT2D eigenvalue weighted by Gasteiger charge is -2.07. The van der Waals surface area contributed by atoms with Crippen molar-refractivity contribution in [2.75, 3.05) is 0 Å². The van der Waals surface area contributed by atoms with E-state index in [1.54, 1.807) is 10.9 Å². The van der Waals surface area contributed by atoms with E-state index in [4.69, 9.17) is 5.11 Å². The van der Waals surface area contributed by atoms with Crippen molar-refractivity contribution in [1.82, 2.24) is 9.55 Å². The fourth-order valence-electron chi connectivity index (χ4n) is 2.65. The number of nitrogens with zero attached hydrogens (tertiary/aromatic N) is 2. The van der Waals surface area contributed by atoms with E-state index in [0.717, 1.165) is 18.4 Å². The number of carbonyl (C=O) groups is 1. The van der Waals surface area contributed by atoms with Gasteiger partial charge in [-0.15, -0.1) is 0 Å². The van der Waals surface area contributed by atoms with Crippen molar-refractivity contribution in [3.05, 3.63) is 41.3 Å². The first-order chi connectivity index (χ1) is 8.66. The van der Waals surface area contributed by atoms with Crippen LogP contribution >= 0.6 is 0 Å². The summed E-state index contributed by atoms with van der Waals surface area (Å²) in [5.41, 5.74) is 4.46. The molecule has 18 heavy (non-hydrogen) atoms. The van der Waals surface area contributed by atoms with Gasteiger partial charge in [-0.3, -0.25) is 0 Å². The van der Waals surface area contributed by atoms with Gasteiger partial charge >= 0.3 is 5.97 Å². The number of fused-ring (bicyclic) bond motifs is 1. The van der Waals surface area contributed by atoms with Crippen LogP contribution in [0, 0.1) is 0 Å². The minimum atomic E-state index is -0.980. The summed E-state index contributed by atoms with van der Waals surface area (Å²) in [5, 5.41) is 9.16. The molecule has 0 bridgehead atoms. The summed E-state index contributed by atoms with van der Waals surface area (Å²) in [6, 6.07) is 6.20. The fraction of sp³-hybridized carbons (Fsp3) is 0.286. The first kappa shape index (κ1) is 11.0. The van der Waals surface area contributed by atoms with Gasteiger partial charge in [0.25, 0.3) is 0 Å². The first-order valence-corrected chi connectivity index (χ1v) is 6.03. The number of aromatic nitrogens is 2. The van der Waals surface area contributed by atoms with Crippen molar-refractivity contribution in [3.8, 4) is 11.3 Å². The van der Waals surface area contributed by atoms with E-state index in [1.165, 1.54) is 17.5 Å². The molecule has 92 valence electrons. The lowest BCUT2D eigenvalue weighted by atomic mass is 10.0. The standard InChI is InChI=1S/C14H14N2O2/c1-16-8-15-12(14(17)18)13(16)11-6-5-9-3-2-4-10(9)7-11/h5-8H,2-4H2,1H3,(H,17,18). The quantitative estimate of drug-likeness (QED) is 0.879. The van der Waals surface area contributed by atoms with E-state index < -0.39 is 5.97 Å². The molecule has 4 nitrogen and oxygen atoms in total. The number of imidazole rings is 1. The average Bonchev–Trinajstić information content (AvgIpc) is 2.93. The molecule has 1 aliphatic carbocycles. The molecule has 0 saturated heterocycles. The second-order valence-corrected chi connectivity index (χ2v) is 4.69. The third kappa shape index (κ3) is 1.61. The second kappa shape index (κ2) is 3.98. The van der Waals surface area contributed by atoms with Gasteiger partial charge < -0.3 is 9.67 Å². The summed E-state index contributed by atoms with van der Waals surface area (Å²) in [7, 11) is 1.82. The van der Waals surface area contributed by atoms with Crippen LogP contribution in [0.15, 0.2) is 24.5 Å². The maximum absolute atomic E-state index is 11.2. The Morgan fingerprint density at radius 2 is 2.11 bits per heavy atom. The highest BCUT2D eigenvalue weighted by molar-refractivity contribution is 5.93. The molecule has 1 aromatic carbocycles. The summed E-state index contributed by atoms with van der Waals surface area (Å²) in [4.78, 5) is 15.1. The molecule has 4 heteroatoms. The summed E-state index contributed by atoms with van der Waals surface area (Å²) in [6.07, 6.45) is 4.96. The predicted octanol–water partition coefficient (Wildman–Crippen LogP) is 2.27. The molecule has 0 radical (unpaired) electrons. The number of aromatic carboxylic acids is 1. The Kier molecular flexibility index (Phi) is 2.44. The number of carboxylic acids is 1. The molecule has 0 atom stereocenters. The van der Waals surface area contributed by atoms with Crippen molar-refractivity contribution in [3.63, 3.8) is 0 Å². The predicted molar refractivity (Wildman–Crippen MR) is 67.6 cm³/mol. The Balaban J connectivity index is 2.15. The molecule has 0 saturated carbocycles. The molecule has 1 N–H and O–H groups in total. The molecule has 0 unspecified atom stereocenters. The lowest BCUT2D eigenvalue weighted by Crippen LogP contribution is -2.01. The minimum Gasteiger partial charge on any atom is -0.476 e. The zero-order valence-corrected chi connectivity index (χ0v) is 10.2. The van der Waals surface area contributed by atoms with E-state index in [2.05, 4.69) is 17.1 Å². The van der Waals surface area contributed by atoms with Crippen LogP contribution in [0.3, 0.4) is 0 Å². The first-order valence-electron chi connectivity index (χ1n) is 6.03. The SMILES string of the molecule is Cn1cnc(C(=O)O)c1-c1ccc2c(c1)CCC2. The van der Waals surface area contributed by atoms with Crippen molar-refractivity contribution >= 4 is 5.97 Å². The fourth-order valence-corrected chi connectivity index (χ4v) is 2.65. The summed E-state index contributed by atoms with van der Waals surface area (Å²) in [5.74, 6) is -0.980. The van der Waals surface area contributed by atoms with Crippen LogP contribution in [0.4, 0.5) is 0 Å². The van der Waals surface area contributed by atoms with Gasteiger partial charge in [-0.25, -0.2) is 9.78 Å². The smallest absolute Gasteiger partial charge is 0.356 e. The van der Waals surface area contributed by atoms with Gasteiger partial charge in [0.05, 0.1) is 12.0 Å². The average molecular weight is 242 g/mol. The van der Waals surface area contributed by atoms with Gasteiger partial charge in [0, 0.05) is 12.6 Å². The molecule has 0 amide bonds. The Morgan fingerprint density at radius 1 is 1.33 bits per heavy atom. The number of carboxylic acid groups (broad SMARTS) is 1. The number of hydrogen-bond donors (Lipinski definition) is 1. The normalized spacial score (nSPS) is 13.6. The Labute approximate surface area is 105 Å². The van der Waals surface area contributed by atoms with Gasteiger partial charge in [-0.1, -0.05) is 12.1 Å². The molecule has 1 aliphatic rings. The third-order valence-electron chi connectivity index (χ3n) is 3.51. The van der Waals surface area contributed by atoms with Gasteiger partial charge in [-0.05, 0) is 36.5 Å². The molecular weight excluding hydrogens is 228 g/mol. The van der Waals surface area contributed by atoms with Gasteiger partial charge in [0.15, 0.2) is 5.69 Å². The van der Waals surface area contributed by atoms with E-state index in [1.807, 2.05) is 13.1 Å². The largest absolute Gasteiger partial charge is 0.476 e. The molecule has 2 aromatic rings. The topological polar surface area (TPSA) is 55.1 Å². The van der Waals surface area contributed by atoms with Crippen LogP contribution in [-0.2, 0) is 19.9 Å². The summed E-state index contributed by atoms with van der Waals surface area (Å²) >= 11 is 0. The second-order valence-electron chi connectivity index (χ2n) is 4.69. The molecule has 1 heterocycles. The van der Waals surface area contributed by atoms with E-state index in [0.29, 0.717) is 5.69 Å². The zero-order valence-electron chi connectivity index (χ0n) is 10.2. The molecule has 0 spiro atoms. The van der Waals surface area contributed by atoms with Gasteiger partial charge in [0.2, 0.25) is 0 Å². The number of benzene rings is 1. The van der Waals surface area contributed by atoms with Crippen LogP contribution in [0.1, 0.15) is 28.0 Å². The molecular formula is C14H14N2O2. The monoisotopic (exact) mass is 242 g/mol. The highest BCUT2D eigenvalue weighted by atomic mass is 16.4. The van der Waals surface area contributed by atoms with Crippen molar-refractivity contribution < 1.29 is 9.90 Å². The highest BCUT2D eigenvalue weighted by Gasteiger charge is 2.19. The zero-order chi connectivity index (χ0) is 12.7. The summed E-state index contributed by atoms with van der Waals surface area (Å²) in [6.45, 7) is 0. The van der Waals surface area contributed by atoms with E-state index >= 15 is 0 Å². The Bertz CT molecular complexity index is 629. The van der Waals surface area contributed by atoms with Crippen LogP contribution in [0.5, 0.6) is 0 Å². The molecule has 1 aromatic heterocycles. The van der Waals surface area contributed by atoms with Crippen molar-refractivity contribution in [2.24, 2.45) is 7.05 Å². The van der Waals surface area contributed by atoms with Crippen LogP contribution < -0.4 is 0 Å². The minimum absolute atomic E-state index is 0.121. The van der Waals surface area contributed by atoms with Gasteiger partial charge in [-0.2, -0.15) is 0 Å². The van der Waals surface area contributed by atoms with Crippen LogP contribution in [0.25, 0.3) is 11.3 Å². The van der Waals surface area contributed by atoms with E-state index in [9.17, 15) is 4.79 Å². The number of aryl methyl sites for hydroxylation is 3. The summed E-state index contributed by atoms with van der Waals surface area (Å²) < 4.78 is 1.76. The molecule has 3 rings (SSSR count). The van der Waals surface area contributed by atoms with Crippen LogP contribution in [0.2, 0.25) is 0 Å². The Morgan fingerprint density at radius 3 is 2.89 bits per heavy atom. The molecule has 0 aliphatic heterocycles. The van der Waals surface area contributed by atoms with Crippen molar-refractivity contribution in [1.29, 1.82) is 0 Å². The Hall–Kier alpha value is -2.10.